The number of thiophene rings is 1. The summed E-state index contributed by atoms with van der Waals surface area (Å²) in [7, 11) is 0. The van der Waals surface area contributed by atoms with E-state index in [9.17, 15) is 0 Å². The maximum absolute atomic E-state index is 4.72. The summed E-state index contributed by atoms with van der Waals surface area (Å²) in [5.74, 6) is 0.922. The molecule has 1 fully saturated rings. The molecule has 0 saturated carbocycles. The Hall–Kier alpha value is -1.92. The molecule has 4 rings (SSSR count). The Morgan fingerprint density at radius 1 is 1.38 bits per heavy atom. The molecule has 0 amide bonds. The molecule has 1 unspecified atom stereocenters. The fourth-order valence-electron chi connectivity index (χ4n) is 2.74. The number of nitrogens with one attached hydrogen (secondary N) is 2. The Morgan fingerprint density at radius 3 is 3.19 bits per heavy atom. The van der Waals surface area contributed by atoms with Gasteiger partial charge >= 0.3 is 0 Å². The maximum atomic E-state index is 4.72. The zero-order valence-corrected chi connectivity index (χ0v) is 12.4. The minimum absolute atomic E-state index is 0.448. The molecule has 3 aromatic rings. The van der Waals surface area contributed by atoms with E-state index in [2.05, 4.69) is 37.7 Å². The molecule has 0 bridgehead atoms. The Morgan fingerprint density at radius 2 is 2.38 bits per heavy atom. The van der Waals surface area contributed by atoms with Crippen LogP contribution in [-0.4, -0.2) is 33.7 Å². The number of imidazole rings is 1. The van der Waals surface area contributed by atoms with E-state index in [0.717, 1.165) is 43.2 Å². The van der Waals surface area contributed by atoms with Gasteiger partial charge in [-0.3, -0.25) is 4.57 Å². The maximum Gasteiger partial charge on any atom is 0.205 e. The highest BCUT2D eigenvalue weighted by Gasteiger charge is 2.18. The second-order valence-corrected chi connectivity index (χ2v) is 6.31. The summed E-state index contributed by atoms with van der Waals surface area (Å²) in [4.78, 5) is 10.5. The number of aromatic nitrogens is 3. The third-order valence-electron chi connectivity index (χ3n) is 3.79. The fraction of sp³-hybridized carbons (Fsp3) is 0.333. The van der Waals surface area contributed by atoms with E-state index in [4.69, 9.17) is 4.98 Å². The lowest BCUT2D eigenvalue weighted by atomic mass is 10.3. The van der Waals surface area contributed by atoms with E-state index >= 15 is 0 Å². The van der Waals surface area contributed by atoms with Crippen molar-refractivity contribution in [1.29, 1.82) is 0 Å². The van der Waals surface area contributed by atoms with Crippen molar-refractivity contribution in [3.05, 3.63) is 40.7 Å². The number of hydrogen-bond acceptors (Lipinski definition) is 5. The van der Waals surface area contributed by atoms with Crippen molar-refractivity contribution in [1.82, 2.24) is 19.9 Å². The molecule has 21 heavy (non-hydrogen) atoms. The molecule has 1 aliphatic heterocycles. The third-order valence-corrected chi connectivity index (χ3v) is 4.65. The van der Waals surface area contributed by atoms with Gasteiger partial charge in [0.25, 0.3) is 0 Å². The Balaban J connectivity index is 1.73. The molecule has 3 aromatic heterocycles. The van der Waals surface area contributed by atoms with Gasteiger partial charge in [0, 0.05) is 23.7 Å². The molecule has 0 aromatic carbocycles. The summed E-state index contributed by atoms with van der Waals surface area (Å²) in [6.07, 6.45) is 2.96. The smallest absolute Gasteiger partial charge is 0.205 e. The van der Waals surface area contributed by atoms with Gasteiger partial charge in [-0.05, 0) is 36.5 Å². The van der Waals surface area contributed by atoms with Crippen molar-refractivity contribution < 1.29 is 0 Å². The van der Waals surface area contributed by atoms with E-state index in [0.29, 0.717) is 6.04 Å². The molecule has 1 atom stereocenters. The number of rotatable bonds is 4. The molecule has 0 spiro atoms. The van der Waals surface area contributed by atoms with Crippen LogP contribution in [-0.2, 0) is 6.54 Å². The lowest BCUT2D eigenvalue weighted by Gasteiger charge is -2.14. The molecule has 2 N–H and O–H groups in total. The quantitative estimate of drug-likeness (QED) is 0.776. The average molecular weight is 299 g/mol. The standard InChI is InChI=1S/C15H17N5S/c1-4-13-14(17-6-1)20(10-12-3-2-8-21-12)15(19-13)18-11-5-7-16-9-11/h1-4,6,8,11,16H,5,7,9-10H2,(H,18,19). The monoisotopic (exact) mass is 299 g/mol. The van der Waals surface area contributed by atoms with Crippen LogP contribution in [0.4, 0.5) is 5.95 Å². The predicted molar refractivity (Wildman–Crippen MR) is 85.8 cm³/mol. The minimum atomic E-state index is 0.448. The van der Waals surface area contributed by atoms with Crippen molar-refractivity contribution in [2.45, 2.75) is 19.0 Å². The Kier molecular flexibility index (Phi) is 3.33. The van der Waals surface area contributed by atoms with Crippen LogP contribution in [0.3, 0.4) is 0 Å². The lowest BCUT2D eigenvalue weighted by Crippen LogP contribution is -2.24. The average Bonchev–Trinajstić information content (AvgIpc) is 3.23. The number of nitrogens with zero attached hydrogens (tertiary/aromatic N) is 3. The van der Waals surface area contributed by atoms with Crippen LogP contribution in [0, 0.1) is 0 Å². The second kappa shape index (κ2) is 5.46. The van der Waals surface area contributed by atoms with Crippen LogP contribution in [0.1, 0.15) is 11.3 Å². The van der Waals surface area contributed by atoms with Gasteiger partial charge in [-0.1, -0.05) is 6.07 Å². The highest BCUT2D eigenvalue weighted by Crippen LogP contribution is 2.22. The SMILES string of the molecule is c1csc(Cn2c(NC3CCNC3)nc3cccnc32)c1. The largest absolute Gasteiger partial charge is 0.352 e. The van der Waals surface area contributed by atoms with E-state index < -0.39 is 0 Å². The van der Waals surface area contributed by atoms with Crippen LogP contribution < -0.4 is 10.6 Å². The zero-order valence-electron chi connectivity index (χ0n) is 11.6. The number of anilines is 1. The first-order valence-electron chi connectivity index (χ1n) is 7.21. The second-order valence-electron chi connectivity index (χ2n) is 5.28. The van der Waals surface area contributed by atoms with Crippen LogP contribution in [0.25, 0.3) is 11.2 Å². The lowest BCUT2D eigenvalue weighted by molar-refractivity contribution is 0.750. The molecule has 108 valence electrons. The van der Waals surface area contributed by atoms with Gasteiger partial charge in [0.15, 0.2) is 5.65 Å². The molecule has 6 heteroatoms. The van der Waals surface area contributed by atoms with Crippen molar-refractivity contribution in [2.75, 3.05) is 18.4 Å². The first-order valence-corrected chi connectivity index (χ1v) is 8.09. The molecule has 4 heterocycles. The first kappa shape index (κ1) is 12.8. The minimum Gasteiger partial charge on any atom is -0.352 e. The molecule has 1 aliphatic rings. The Bertz CT molecular complexity index is 728. The van der Waals surface area contributed by atoms with Gasteiger partial charge < -0.3 is 10.6 Å². The highest BCUT2D eigenvalue weighted by atomic mass is 32.1. The highest BCUT2D eigenvalue weighted by molar-refractivity contribution is 7.09. The van der Waals surface area contributed by atoms with Gasteiger partial charge in [-0.25, -0.2) is 9.97 Å². The number of hydrogen-bond donors (Lipinski definition) is 2. The molecule has 5 nitrogen and oxygen atoms in total. The van der Waals surface area contributed by atoms with Crippen molar-refractivity contribution >= 4 is 28.4 Å². The normalized spacial score (nSPS) is 18.4. The van der Waals surface area contributed by atoms with Crippen LogP contribution in [0.5, 0.6) is 0 Å². The summed E-state index contributed by atoms with van der Waals surface area (Å²) in [5, 5.41) is 9.05. The summed E-state index contributed by atoms with van der Waals surface area (Å²) in [5.41, 5.74) is 1.89. The van der Waals surface area contributed by atoms with Gasteiger partial charge in [-0.15, -0.1) is 11.3 Å². The van der Waals surface area contributed by atoms with E-state index in [1.807, 2.05) is 18.3 Å². The van der Waals surface area contributed by atoms with Crippen molar-refractivity contribution in [2.24, 2.45) is 0 Å². The molecule has 1 saturated heterocycles. The summed E-state index contributed by atoms with van der Waals surface area (Å²) < 4.78 is 2.18. The summed E-state index contributed by atoms with van der Waals surface area (Å²) in [6, 6.07) is 8.64. The van der Waals surface area contributed by atoms with Crippen LogP contribution in [0.2, 0.25) is 0 Å². The first-order chi connectivity index (χ1) is 10.4. The van der Waals surface area contributed by atoms with Gasteiger partial charge in [0.1, 0.15) is 5.52 Å². The van der Waals surface area contributed by atoms with E-state index in [-0.39, 0.29) is 0 Å². The Labute approximate surface area is 127 Å². The third kappa shape index (κ3) is 2.52. The van der Waals surface area contributed by atoms with Crippen molar-refractivity contribution in [3.63, 3.8) is 0 Å². The van der Waals surface area contributed by atoms with Crippen LogP contribution in [0.15, 0.2) is 35.8 Å². The number of fused-ring (bicyclic) bond motifs is 1. The van der Waals surface area contributed by atoms with E-state index in [1.165, 1.54) is 4.88 Å². The van der Waals surface area contributed by atoms with Gasteiger partial charge in [0.2, 0.25) is 5.95 Å². The topological polar surface area (TPSA) is 54.8 Å². The van der Waals surface area contributed by atoms with E-state index in [1.54, 1.807) is 11.3 Å². The fourth-order valence-corrected chi connectivity index (χ4v) is 3.43. The summed E-state index contributed by atoms with van der Waals surface area (Å²) in [6.45, 7) is 2.88. The van der Waals surface area contributed by atoms with Gasteiger partial charge in [-0.2, -0.15) is 0 Å². The predicted octanol–water partition coefficient (Wildman–Crippen LogP) is 2.31. The van der Waals surface area contributed by atoms with Crippen LogP contribution >= 0.6 is 11.3 Å². The zero-order chi connectivity index (χ0) is 14.1. The molecular weight excluding hydrogens is 282 g/mol. The van der Waals surface area contributed by atoms with Gasteiger partial charge in [0.05, 0.1) is 6.54 Å². The molecule has 0 aliphatic carbocycles. The summed E-state index contributed by atoms with van der Waals surface area (Å²) >= 11 is 1.76. The number of pyridine rings is 1. The molecular formula is C15H17N5S. The van der Waals surface area contributed by atoms with Crippen molar-refractivity contribution in [3.8, 4) is 0 Å². The molecule has 0 radical (unpaired) electrons.